The van der Waals surface area contributed by atoms with E-state index >= 15 is 0 Å². The van der Waals surface area contributed by atoms with E-state index in [1.165, 1.54) is 6.07 Å². The second kappa shape index (κ2) is 6.85. The van der Waals surface area contributed by atoms with Gasteiger partial charge in [0.25, 0.3) is 0 Å². The first-order valence-corrected chi connectivity index (χ1v) is 5.92. The van der Waals surface area contributed by atoms with Gasteiger partial charge in [-0.1, -0.05) is 11.6 Å². The standard InChI is InChI=1S/C12H15ClF3NO/c1-18-7-3-2-6-17-11-8-9(12(14,15)16)4-5-10(11)13/h4-5,8,17H,2-3,6-7H2,1H3. The number of nitrogens with one attached hydrogen (secondary N) is 1. The number of alkyl halides is 3. The van der Waals surface area contributed by atoms with Crippen molar-refractivity contribution < 1.29 is 17.9 Å². The maximum atomic E-state index is 12.5. The lowest BCUT2D eigenvalue weighted by atomic mass is 10.2. The number of hydrogen-bond donors (Lipinski definition) is 1. The second-order valence-electron chi connectivity index (χ2n) is 3.82. The van der Waals surface area contributed by atoms with E-state index in [1.54, 1.807) is 7.11 Å². The summed E-state index contributed by atoms with van der Waals surface area (Å²) in [5.74, 6) is 0. The molecule has 0 atom stereocenters. The van der Waals surface area contributed by atoms with Gasteiger partial charge in [-0.25, -0.2) is 0 Å². The minimum absolute atomic E-state index is 0.287. The van der Waals surface area contributed by atoms with Gasteiger partial charge in [-0.05, 0) is 31.0 Å². The number of ether oxygens (including phenoxy) is 1. The van der Waals surface area contributed by atoms with Crippen LogP contribution in [0, 0.1) is 0 Å². The van der Waals surface area contributed by atoms with Gasteiger partial charge in [0, 0.05) is 20.3 Å². The molecule has 1 aromatic carbocycles. The first-order chi connectivity index (χ1) is 8.45. The Morgan fingerprint density at radius 2 is 2.00 bits per heavy atom. The summed E-state index contributed by atoms with van der Waals surface area (Å²) in [5.41, 5.74) is -0.393. The Morgan fingerprint density at radius 3 is 2.61 bits per heavy atom. The van der Waals surface area contributed by atoms with Crippen LogP contribution in [0.4, 0.5) is 18.9 Å². The van der Waals surface area contributed by atoms with Crippen LogP contribution in [-0.2, 0) is 10.9 Å². The number of halogens is 4. The zero-order valence-electron chi connectivity index (χ0n) is 9.98. The molecule has 1 N–H and O–H groups in total. The van der Waals surface area contributed by atoms with Gasteiger partial charge in [-0.15, -0.1) is 0 Å². The normalized spacial score (nSPS) is 11.6. The van der Waals surface area contributed by atoms with Crippen molar-refractivity contribution in [2.24, 2.45) is 0 Å². The largest absolute Gasteiger partial charge is 0.416 e. The Morgan fingerprint density at radius 1 is 1.28 bits per heavy atom. The van der Waals surface area contributed by atoms with Crippen LogP contribution >= 0.6 is 11.6 Å². The van der Waals surface area contributed by atoms with Crippen molar-refractivity contribution in [3.8, 4) is 0 Å². The van der Waals surface area contributed by atoms with Crippen molar-refractivity contribution in [1.82, 2.24) is 0 Å². The Hall–Kier alpha value is -0.940. The van der Waals surface area contributed by atoms with Gasteiger partial charge in [0.2, 0.25) is 0 Å². The molecule has 1 rings (SSSR count). The van der Waals surface area contributed by atoms with Crippen LogP contribution < -0.4 is 5.32 Å². The Labute approximate surface area is 109 Å². The van der Waals surface area contributed by atoms with Gasteiger partial charge in [0.15, 0.2) is 0 Å². The zero-order valence-corrected chi connectivity index (χ0v) is 10.7. The number of rotatable bonds is 6. The van der Waals surface area contributed by atoms with E-state index in [9.17, 15) is 13.2 Å². The van der Waals surface area contributed by atoms with E-state index in [4.69, 9.17) is 16.3 Å². The third kappa shape index (κ3) is 4.74. The van der Waals surface area contributed by atoms with Crippen LogP contribution in [0.5, 0.6) is 0 Å². The van der Waals surface area contributed by atoms with Gasteiger partial charge in [0.1, 0.15) is 0 Å². The van der Waals surface area contributed by atoms with E-state index in [-0.39, 0.29) is 5.02 Å². The smallest absolute Gasteiger partial charge is 0.385 e. The van der Waals surface area contributed by atoms with Gasteiger partial charge >= 0.3 is 6.18 Å². The molecule has 0 amide bonds. The van der Waals surface area contributed by atoms with Crippen molar-refractivity contribution in [2.45, 2.75) is 19.0 Å². The Kier molecular flexibility index (Phi) is 5.75. The van der Waals surface area contributed by atoms with Crippen molar-refractivity contribution in [1.29, 1.82) is 0 Å². The van der Waals surface area contributed by atoms with Gasteiger partial charge in [-0.2, -0.15) is 13.2 Å². The fourth-order valence-corrected chi connectivity index (χ4v) is 1.62. The van der Waals surface area contributed by atoms with Crippen LogP contribution in [0.2, 0.25) is 5.02 Å². The molecule has 0 radical (unpaired) electrons. The van der Waals surface area contributed by atoms with Crippen LogP contribution in [0.25, 0.3) is 0 Å². The molecule has 0 saturated heterocycles. The molecular formula is C12H15ClF3NO. The van der Waals surface area contributed by atoms with Crippen molar-refractivity contribution in [3.63, 3.8) is 0 Å². The SMILES string of the molecule is COCCCCNc1cc(C(F)(F)F)ccc1Cl. The average Bonchev–Trinajstić information content (AvgIpc) is 2.29. The number of methoxy groups -OCH3 is 1. The summed E-state index contributed by atoms with van der Waals surface area (Å²) in [6, 6.07) is 3.25. The summed E-state index contributed by atoms with van der Waals surface area (Å²) in [5, 5.41) is 3.18. The Bertz CT molecular complexity index is 382. The molecule has 0 unspecified atom stereocenters. The second-order valence-corrected chi connectivity index (χ2v) is 4.23. The summed E-state index contributed by atoms with van der Waals surface area (Å²) < 4.78 is 42.4. The molecule has 1 aromatic rings. The van der Waals surface area contributed by atoms with E-state index in [1.807, 2.05) is 0 Å². The van der Waals surface area contributed by atoms with Crippen molar-refractivity contribution >= 4 is 17.3 Å². The van der Waals surface area contributed by atoms with Gasteiger partial charge in [-0.3, -0.25) is 0 Å². The fraction of sp³-hybridized carbons (Fsp3) is 0.500. The molecule has 2 nitrogen and oxygen atoms in total. The van der Waals surface area contributed by atoms with Crippen molar-refractivity contribution in [3.05, 3.63) is 28.8 Å². The molecule has 0 spiro atoms. The van der Waals surface area contributed by atoms with Crippen molar-refractivity contribution in [2.75, 3.05) is 25.6 Å². The number of anilines is 1. The first-order valence-electron chi connectivity index (χ1n) is 5.54. The molecule has 0 bridgehead atoms. The first kappa shape index (κ1) is 15.1. The quantitative estimate of drug-likeness (QED) is 0.789. The molecule has 18 heavy (non-hydrogen) atoms. The molecule has 0 aliphatic heterocycles. The van der Waals surface area contributed by atoms with Crippen LogP contribution in [0.15, 0.2) is 18.2 Å². The topological polar surface area (TPSA) is 21.3 Å². The third-order valence-electron chi connectivity index (χ3n) is 2.38. The number of hydrogen-bond acceptors (Lipinski definition) is 2. The van der Waals surface area contributed by atoms with E-state index in [2.05, 4.69) is 5.32 Å². The van der Waals surface area contributed by atoms with Gasteiger partial charge < -0.3 is 10.1 Å². The number of unbranched alkanes of at least 4 members (excludes halogenated alkanes) is 1. The summed E-state index contributed by atoms with van der Waals surface area (Å²) in [4.78, 5) is 0. The lowest BCUT2D eigenvalue weighted by Gasteiger charge is -2.12. The van der Waals surface area contributed by atoms with Gasteiger partial charge in [0.05, 0.1) is 16.3 Å². The summed E-state index contributed by atoms with van der Waals surface area (Å²) >= 11 is 5.83. The monoisotopic (exact) mass is 281 g/mol. The van der Waals surface area contributed by atoms with E-state index in [0.717, 1.165) is 25.0 Å². The summed E-state index contributed by atoms with van der Waals surface area (Å²) in [7, 11) is 1.61. The average molecular weight is 282 g/mol. The van der Waals surface area contributed by atoms with Crippen LogP contribution in [0.1, 0.15) is 18.4 Å². The van der Waals surface area contributed by atoms with Crippen LogP contribution in [-0.4, -0.2) is 20.3 Å². The molecular weight excluding hydrogens is 267 g/mol. The highest BCUT2D eigenvalue weighted by Gasteiger charge is 2.30. The minimum atomic E-state index is -4.35. The summed E-state index contributed by atoms with van der Waals surface area (Å²) in [6.45, 7) is 1.20. The maximum absolute atomic E-state index is 12.5. The lowest BCUT2D eigenvalue weighted by Crippen LogP contribution is -2.08. The molecule has 0 aliphatic rings. The lowest BCUT2D eigenvalue weighted by molar-refractivity contribution is -0.137. The maximum Gasteiger partial charge on any atom is 0.416 e. The van der Waals surface area contributed by atoms with E-state index in [0.29, 0.717) is 18.8 Å². The predicted octanol–water partition coefficient (Wildman–Crippen LogP) is 4.20. The highest BCUT2D eigenvalue weighted by molar-refractivity contribution is 6.33. The molecule has 0 fully saturated rings. The Balaban J connectivity index is 2.59. The molecule has 6 heteroatoms. The highest BCUT2D eigenvalue weighted by Crippen LogP contribution is 2.33. The molecule has 0 saturated carbocycles. The number of benzene rings is 1. The van der Waals surface area contributed by atoms with E-state index < -0.39 is 11.7 Å². The molecule has 0 aromatic heterocycles. The minimum Gasteiger partial charge on any atom is -0.385 e. The fourth-order valence-electron chi connectivity index (χ4n) is 1.43. The highest BCUT2D eigenvalue weighted by atomic mass is 35.5. The summed E-state index contributed by atoms with van der Waals surface area (Å²) in [6.07, 6.45) is -2.70. The molecule has 0 aliphatic carbocycles. The zero-order chi connectivity index (χ0) is 13.6. The third-order valence-corrected chi connectivity index (χ3v) is 2.71. The molecule has 102 valence electrons. The predicted molar refractivity (Wildman–Crippen MR) is 66.1 cm³/mol. The molecule has 0 heterocycles. The van der Waals surface area contributed by atoms with Crippen LogP contribution in [0.3, 0.4) is 0 Å².